The number of rotatable bonds is 5. The van der Waals surface area contributed by atoms with Gasteiger partial charge in [0.15, 0.2) is 5.13 Å². The molecule has 0 aliphatic heterocycles. The Balaban J connectivity index is 1.64. The summed E-state index contributed by atoms with van der Waals surface area (Å²) in [4.78, 5) is 11.4. The normalized spacial score (nSPS) is 11.8. The number of halogens is 3. The quantitative estimate of drug-likeness (QED) is 0.388. The number of ether oxygens (including phenoxy) is 1. The second kappa shape index (κ2) is 7.64. The van der Waals surface area contributed by atoms with E-state index in [1.807, 2.05) is 42.6 Å². The van der Waals surface area contributed by atoms with Gasteiger partial charge in [0, 0.05) is 24.2 Å². The van der Waals surface area contributed by atoms with Crippen molar-refractivity contribution < 1.29 is 17.9 Å². The number of pyridine rings is 1. The third kappa shape index (κ3) is 3.97. The van der Waals surface area contributed by atoms with Gasteiger partial charge in [0.05, 0.1) is 11.4 Å². The maximum atomic E-state index is 12.3. The minimum absolute atomic E-state index is 0.257. The first-order valence-corrected chi connectivity index (χ1v) is 10.2. The lowest BCUT2D eigenvalue weighted by molar-refractivity contribution is -0.274. The molecular weight excluding hydrogens is 413 g/mol. The summed E-state index contributed by atoms with van der Waals surface area (Å²) in [5, 5.41) is 2.64. The number of nitrogens with zero attached hydrogens (tertiary/aromatic N) is 4. The molecule has 5 nitrogen and oxygen atoms in total. The van der Waals surface area contributed by atoms with Crippen molar-refractivity contribution in [3.8, 4) is 17.0 Å². The van der Waals surface area contributed by atoms with E-state index in [-0.39, 0.29) is 5.75 Å². The van der Waals surface area contributed by atoms with E-state index in [1.165, 1.54) is 23.5 Å². The maximum Gasteiger partial charge on any atom is 0.573 e. The Kier molecular flexibility index (Phi) is 5.15. The molecule has 30 heavy (non-hydrogen) atoms. The van der Waals surface area contributed by atoms with Crippen molar-refractivity contribution in [2.24, 2.45) is 0 Å². The molecule has 3 heterocycles. The van der Waals surface area contributed by atoms with Crippen LogP contribution in [0.1, 0.15) is 18.2 Å². The van der Waals surface area contributed by atoms with Crippen LogP contribution >= 0.6 is 11.3 Å². The average Bonchev–Trinajstić information content (AvgIpc) is 3.31. The molecule has 0 N–H and O–H groups in total. The van der Waals surface area contributed by atoms with E-state index < -0.39 is 6.36 Å². The minimum atomic E-state index is -4.71. The first-order chi connectivity index (χ1) is 14.2. The van der Waals surface area contributed by atoms with Crippen LogP contribution in [-0.4, -0.2) is 27.8 Å². The van der Waals surface area contributed by atoms with Crippen molar-refractivity contribution in [3.05, 3.63) is 59.2 Å². The van der Waals surface area contributed by atoms with Crippen molar-refractivity contribution in [1.29, 1.82) is 0 Å². The molecule has 0 unspecified atom stereocenters. The molecule has 0 aliphatic carbocycles. The van der Waals surface area contributed by atoms with E-state index in [4.69, 9.17) is 4.98 Å². The highest BCUT2D eigenvalue weighted by molar-refractivity contribution is 7.14. The fourth-order valence-electron chi connectivity index (χ4n) is 3.25. The van der Waals surface area contributed by atoms with E-state index >= 15 is 0 Å². The van der Waals surface area contributed by atoms with Crippen molar-refractivity contribution in [3.63, 3.8) is 0 Å². The average molecular weight is 432 g/mol. The van der Waals surface area contributed by atoms with E-state index in [1.54, 1.807) is 12.1 Å². The van der Waals surface area contributed by atoms with Gasteiger partial charge in [-0.2, -0.15) is 0 Å². The Morgan fingerprint density at radius 3 is 2.50 bits per heavy atom. The minimum Gasteiger partial charge on any atom is -0.406 e. The molecule has 0 fully saturated rings. The number of aryl methyl sites for hydroxylation is 2. The number of alkyl halides is 3. The highest BCUT2D eigenvalue weighted by Gasteiger charge is 2.31. The largest absolute Gasteiger partial charge is 0.573 e. The summed E-state index contributed by atoms with van der Waals surface area (Å²) in [6.07, 6.45) is -1.89. The van der Waals surface area contributed by atoms with Gasteiger partial charge in [-0.05, 0) is 49.2 Å². The molecule has 0 radical (unpaired) electrons. The van der Waals surface area contributed by atoms with Gasteiger partial charge in [-0.1, -0.05) is 13.0 Å². The smallest absolute Gasteiger partial charge is 0.406 e. The number of imidazole rings is 1. The van der Waals surface area contributed by atoms with Gasteiger partial charge in [-0.15, -0.1) is 24.5 Å². The summed E-state index contributed by atoms with van der Waals surface area (Å²) in [6, 6.07) is 9.72. The van der Waals surface area contributed by atoms with Gasteiger partial charge in [-0.3, -0.25) is 4.40 Å². The van der Waals surface area contributed by atoms with E-state index in [0.717, 1.165) is 34.3 Å². The van der Waals surface area contributed by atoms with Crippen LogP contribution in [0.25, 0.3) is 16.9 Å². The maximum absolute atomic E-state index is 12.3. The van der Waals surface area contributed by atoms with E-state index in [0.29, 0.717) is 11.3 Å². The lowest BCUT2D eigenvalue weighted by Crippen LogP contribution is -2.16. The second-order valence-corrected chi connectivity index (χ2v) is 7.65. The molecule has 1 aromatic carbocycles. The van der Waals surface area contributed by atoms with Crippen LogP contribution in [0.3, 0.4) is 0 Å². The van der Waals surface area contributed by atoms with Crippen LogP contribution in [-0.2, 0) is 6.42 Å². The highest BCUT2D eigenvalue weighted by atomic mass is 32.1. The summed E-state index contributed by atoms with van der Waals surface area (Å²) in [5.74, 6) is 0.693. The van der Waals surface area contributed by atoms with Crippen molar-refractivity contribution >= 4 is 27.9 Å². The Labute approximate surface area is 175 Å². The van der Waals surface area contributed by atoms with Gasteiger partial charge in [0.1, 0.15) is 17.2 Å². The molecule has 4 aromatic rings. The first kappa shape index (κ1) is 20.2. The number of thiazole rings is 1. The zero-order valence-corrected chi connectivity index (χ0v) is 17.4. The Bertz CT molecular complexity index is 1180. The van der Waals surface area contributed by atoms with Gasteiger partial charge in [0.25, 0.3) is 0 Å². The summed E-state index contributed by atoms with van der Waals surface area (Å²) in [7, 11) is 1.94. The summed E-state index contributed by atoms with van der Waals surface area (Å²) in [5.41, 5.74) is 4.36. The zero-order valence-electron chi connectivity index (χ0n) is 16.6. The van der Waals surface area contributed by atoms with Gasteiger partial charge in [-0.25, -0.2) is 9.97 Å². The molecule has 3 aromatic heterocycles. The molecule has 9 heteroatoms. The standard InChI is InChI=1S/C21H19F3N4OS/c1-4-16-19(28-11-13(2)5-10-18(28)25-16)27(3)20-26-17(12-30-20)14-6-8-15(9-7-14)29-21(22,23)24/h5-12H,4H2,1-3H3. The number of fused-ring (bicyclic) bond motifs is 1. The van der Waals surface area contributed by atoms with Crippen LogP contribution < -0.4 is 9.64 Å². The molecular formula is C21H19F3N4OS. The Hall–Kier alpha value is -3.07. The van der Waals surface area contributed by atoms with Crippen molar-refractivity contribution in [1.82, 2.24) is 14.4 Å². The third-order valence-corrected chi connectivity index (χ3v) is 5.54. The zero-order chi connectivity index (χ0) is 21.5. The molecule has 0 atom stereocenters. The molecule has 0 bridgehead atoms. The number of benzene rings is 1. The second-order valence-electron chi connectivity index (χ2n) is 6.82. The highest BCUT2D eigenvalue weighted by Crippen LogP contribution is 2.34. The first-order valence-electron chi connectivity index (χ1n) is 9.28. The Morgan fingerprint density at radius 2 is 1.83 bits per heavy atom. The number of hydrogen-bond acceptors (Lipinski definition) is 5. The molecule has 156 valence electrons. The number of hydrogen-bond donors (Lipinski definition) is 0. The fraction of sp³-hybridized carbons (Fsp3) is 0.238. The fourth-order valence-corrected chi connectivity index (χ4v) is 4.05. The number of anilines is 2. The molecule has 0 amide bonds. The lowest BCUT2D eigenvalue weighted by atomic mass is 10.2. The number of aromatic nitrogens is 3. The molecule has 0 saturated heterocycles. The van der Waals surface area contributed by atoms with E-state index in [2.05, 4.69) is 21.0 Å². The van der Waals surface area contributed by atoms with Crippen LogP contribution in [0, 0.1) is 6.92 Å². The van der Waals surface area contributed by atoms with Crippen molar-refractivity contribution in [2.45, 2.75) is 26.6 Å². The van der Waals surface area contributed by atoms with Gasteiger partial charge >= 0.3 is 6.36 Å². The van der Waals surface area contributed by atoms with Crippen LogP contribution in [0.5, 0.6) is 5.75 Å². The summed E-state index contributed by atoms with van der Waals surface area (Å²) in [6.45, 7) is 4.09. The SMILES string of the molecule is CCc1nc2ccc(C)cn2c1N(C)c1nc(-c2ccc(OC(F)(F)F)cc2)cs1. The molecule has 0 saturated carbocycles. The molecule has 0 spiro atoms. The molecule has 0 aliphatic rings. The topological polar surface area (TPSA) is 42.7 Å². The third-order valence-electron chi connectivity index (χ3n) is 4.63. The predicted octanol–water partition coefficient (Wildman–Crippen LogP) is 6.00. The van der Waals surface area contributed by atoms with E-state index in [9.17, 15) is 13.2 Å². The monoisotopic (exact) mass is 432 g/mol. The van der Waals surface area contributed by atoms with Crippen LogP contribution in [0.15, 0.2) is 48.0 Å². The van der Waals surface area contributed by atoms with Gasteiger partial charge in [0.2, 0.25) is 0 Å². The van der Waals surface area contributed by atoms with Crippen molar-refractivity contribution in [2.75, 3.05) is 11.9 Å². The van der Waals surface area contributed by atoms with Crippen LogP contribution in [0.2, 0.25) is 0 Å². The summed E-state index contributed by atoms with van der Waals surface area (Å²) < 4.78 is 43.0. The summed E-state index contributed by atoms with van der Waals surface area (Å²) >= 11 is 1.46. The predicted molar refractivity (Wildman–Crippen MR) is 112 cm³/mol. The lowest BCUT2D eigenvalue weighted by Gasteiger charge is -2.17. The molecule has 4 rings (SSSR count). The van der Waals surface area contributed by atoms with Crippen LogP contribution in [0.4, 0.5) is 24.1 Å². The Morgan fingerprint density at radius 1 is 1.10 bits per heavy atom. The van der Waals surface area contributed by atoms with Gasteiger partial charge < -0.3 is 9.64 Å².